The lowest BCUT2D eigenvalue weighted by Gasteiger charge is -2.09. The first kappa shape index (κ1) is 13.9. The first-order chi connectivity index (χ1) is 9.04. The van der Waals surface area contributed by atoms with Crippen molar-refractivity contribution in [3.8, 4) is 0 Å². The monoisotopic (exact) mass is 277 g/mol. The van der Waals surface area contributed by atoms with Crippen LogP contribution in [0.5, 0.6) is 0 Å². The van der Waals surface area contributed by atoms with Crippen LogP contribution in [0.4, 0.5) is 10.1 Å². The van der Waals surface area contributed by atoms with Crippen LogP contribution in [0.25, 0.3) is 0 Å². The number of anilines is 1. The second-order valence-electron chi connectivity index (χ2n) is 4.91. The van der Waals surface area contributed by atoms with Crippen LogP contribution >= 0.6 is 11.6 Å². The zero-order chi connectivity index (χ0) is 13.8. The molecular weight excluding hydrogens is 261 g/mol. The van der Waals surface area contributed by atoms with Gasteiger partial charge in [0, 0.05) is 17.3 Å². The summed E-state index contributed by atoms with van der Waals surface area (Å²) in [5, 5.41) is 3.68. The summed E-state index contributed by atoms with van der Waals surface area (Å²) in [5.74, 6) is 0.218. The summed E-state index contributed by atoms with van der Waals surface area (Å²) in [6.07, 6.45) is 0. The van der Waals surface area contributed by atoms with Crippen LogP contribution in [-0.2, 0) is 6.54 Å². The predicted octanol–water partition coefficient (Wildman–Crippen LogP) is 5.21. The Morgan fingerprint density at radius 3 is 2.37 bits per heavy atom. The molecule has 1 nitrogen and oxygen atoms in total. The van der Waals surface area contributed by atoms with Crippen LogP contribution in [0.3, 0.4) is 0 Å². The molecule has 3 heteroatoms. The van der Waals surface area contributed by atoms with Crippen LogP contribution in [0.1, 0.15) is 30.9 Å². The lowest BCUT2D eigenvalue weighted by Crippen LogP contribution is -2.00. The Balaban J connectivity index is 2.02. The third kappa shape index (κ3) is 3.97. The Bertz CT molecular complexity index is 529. The van der Waals surface area contributed by atoms with Gasteiger partial charge in [-0.1, -0.05) is 37.6 Å². The van der Waals surface area contributed by atoms with E-state index in [2.05, 4.69) is 31.3 Å². The highest BCUT2D eigenvalue weighted by Crippen LogP contribution is 2.19. The molecule has 0 saturated carbocycles. The van der Waals surface area contributed by atoms with Gasteiger partial charge in [0.25, 0.3) is 0 Å². The molecule has 0 bridgehead atoms. The minimum Gasteiger partial charge on any atom is -0.381 e. The molecule has 0 unspecified atom stereocenters. The van der Waals surface area contributed by atoms with Crippen molar-refractivity contribution in [3.05, 3.63) is 64.4 Å². The molecule has 1 N–H and O–H groups in total. The summed E-state index contributed by atoms with van der Waals surface area (Å²) in [5.41, 5.74) is 3.15. The van der Waals surface area contributed by atoms with Crippen molar-refractivity contribution >= 4 is 17.3 Å². The zero-order valence-corrected chi connectivity index (χ0v) is 11.8. The molecule has 0 atom stereocenters. The summed E-state index contributed by atoms with van der Waals surface area (Å²) in [6, 6.07) is 12.8. The third-order valence-electron chi connectivity index (χ3n) is 3.00. The summed E-state index contributed by atoms with van der Waals surface area (Å²) in [4.78, 5) is 0. The van der Waals surface area contributed by atoms with E-state index in [1.807, 2.05) is 12.1 Å². The van der Waals surface area contributed by atoms with Crippen molar-refractivity contribution in [1.82, 2.24) is 0 Å². The van der Waals surface area contributed by atoms with Crippen LogP contribution in [0, 0.1) is 5.82 Å². The minimum absolute atomic E-state index is 0.306. The van der Waals surface area contributed by atoms with Gasteiger partial charge in [-0.2, -0.15) is 0 Å². The molecular formula is C16H17ClFN. The number of rotatable bonds is 4. The molecule has 0 radical (unpaired) electrons. The molecule has 0 aromatic heterocycles. The van der Waals surface area contributed by atoms with Gasteiger partial charge in [0.1, 0.15) is 5.82 Å². The van der Waals surface area contributed by atoms with Crippen LogP contribution in [0.15, 0.2) is 42.5 Å². The fourth-order valence-electron chi connectivity index (χ4n) is 1.90. The molecule has 100 valence electrons. The van der Waals surface area contributed by atoms with Crippen molar-refractivity contribution < 1.29 is 4.39 Å². The molecule has 19 heavy (non-hydrogen) atoms. The molecule has 2 aromatic rings. The van der Waals surface area contributed by atoms with Gasteiger partial charge >= 0.3 is 0 Å². The molecule has 0 amide bonds. The predicted molar refractivity (Wildman–Crippen MR) is 79.3 cm³/mol. The quantitative estimate of drug-likeness (QED) is 0.808. The summed E-state index contributed by atoms with van der Waals surface area (Å²) < 4.78 is 13.2. The summed E-state index contributed by atoms with van der Waals surface area (Å²) in [7, 11) is 0. The standard InChI is InChI=1S/C16H17ClFN/c1-11(2)13-3-5-16(6-4-13)19-10-12-7-14(17)9-15(18)8-12/h3-9,11,19H,10H2,1-2H3. The van der Waals surface area contributed by atoms with E-state index in [1.165, 1.54) is 17.7 Å². The highest BCUT2D eigenvalue weighted by atomic mass is 35.5. The van der Waals surface area contributed by atoms with Gasteiger partial charge in [-0.15, -0.1) is 0 Å². The Labute approximate surface area is 118 Å². The van der Waals surface area contributed by atoms with E-state index in [0.29, 0.717) is 17.5 Å². The molecule has 0 saturated heterocycles. The molecule has 2 rings (SSSR count). The van der Waals surface area contributed by atoms with E-state index in [4.69, 9.17) is 11.6 Å². The molecule has 0 aliphatic heterocycles. The maximum Gasteiger partial charge on any atom is 0.125 e. The lowest BCUT2D eigenvalue weighted by molar-refractivity contribution is 0.626. The van der Waals surface area contributed by atoms with Crippen molar-refractivity contribution in [1.29, 1.82) is 0 Å². The SMILES string of the molecule is CC(C)c1ccc(NCc2cc(F)cc(Cl)c2)cc1. The van der Waals surface area contributed by atoms with E-state index >= 15 is 0 Å². The Hall–Kier alpha value is -1.54. The molecule has 0 fully saturated rings. The lowest BCUT2D eigenvalue weighted by atomic mass is 10.0. The van der Waals surface area contributed by atoms with Gasteiger partial charge in [-0.05, 0) is 47.4 Å². The van der Waals surface area contributed by atoms with Gasteiger partial charge < -0.3 is 5.32 Å². The number of hydrogen-bond acceptors (Lipinski definition) is 1. The first-order valence-electron chi connectivity index (χ1n) is 6.33. The van der Waals surface area contributed by atoms with Crippen LogP contribution < -0.4 is 5.32 Å². The molecule has 2 aromatic carbocycles. The fourth-order valence-corrected chi connectivity index (χ4v) is 2.15. The smallest absolute Gasteiger partial charge is 0.125 e. The molecule has 0 heterocycles. The van der Waals surface area contributed by atoms with Crippen LogP contribution in [-0.4, -0.2) is 0 Å². The van der Waals surface area contributed by atoms with Gasteiger partial charge in [0.05, 0.1) is 0 Å². The van der Waals surface area contributed by atoms with Crippen molar-refractivity contribution in [2.24, 2.45) is 0 Å². The topological polar surface area (TPSA) is 12.0 Å². The molecule has 0 aliphatic rings. The van der Waals surface area contributed by atoms with Gasteiger partial charge in [-0.3, -0.25) is 0 Å². The Kier molecular flexibility index (Phi) is 4.43. The fraction of sp³-hybridized carbons (Fsp3) is 0.250. The number of nitrogens with one attached hydrogen (secondary N) is 1. The van der Waals surface area contributed by atoms with E-state index in [-0.39, 0.29) is 5.82 Å². The summed E-state index contributed by atoms with van der Waals surface area (Å²) in [6.45, 7) is 4.88. The second-order valence-corrected chi connectivity index (χ2v) is 5.34. The Morgan fingerprint density at radius 1 is 1.11 bits per heavy atom. The van der Waals surface area contributed by atoms with E-state index in [9.17, 15) is 4.39 Å². The van der Waals surface area contributed by atoms with Gasteiger partial charge in [0.2, 0.25) is 0 Å². The van der Waals surface area contributed by atoms with Crippen LogP contribution in [0.2, 0.25) is 5.02 Å². The zero-order valence-electron chi connectivity index (χ0n) is 11.1. The minimum atomic E-state index is -0.306. The maximum absolute atomic E-state index is 13.2. The molecule has 0 aliphatic carbocycles. The van der Waals surface area contributed by atoms with E-state index in [0.717, 1.165) is 11.3 Å². The van der Waals surface area contributed by atoms with Gasteiger partial charge in [-0.25, -0.2) is 4.39 Å². The van der Waals surface area contributed by atoms with E-state index in [1.54, 1.807) is 6.07 Å². The van der Waals surface area contributed by atoms with Gasteiger partial charge in [0.15, 0.2) is 0 Å². The average molecular weight is 278 g/mol. The highest BCUT2D eigenvalue weighted by molar-refractivity contribution is 6.30. The Morgan fingerprint density at radius 2 is 1.79 bits per heavy atom. The van der Waals surface area contributed by atoms with Crippen molar-refractivity contribution in [2.75, 3.05) is 5.32 Å². The van der Waals surface area contributed by atoms with Crippen molar-refractivity contribution in [3.63, 3.8) is 0 Å². The average Bonchev–Trinajstić information content (AvgIpc) is 2.36. The van der Waals surface area contributed by atoms with E-state index < -0.39 is 0 Å². The largest absolute Gasteiger partial charge is 0.381 e. The number of hydrogen-bond donors (Lipinski definition) is 1. The second kappa shape index (κ2) is 6.07. The maximum atomic E-state index is 13.2. The first-order valence-corrected chi connectivity index (χ1v) is 6.71. The third-order valence-corrected chi connectivity index (χ3v) is 3.21. The number of halogens is 2. The number of benzene rings is 2. The van der Waals surface area contributed by atoms with Crippen molar-refractivity contribution in [2.45, 2.75) is 26.3 Å². The normalized spacial score (nSPS) is 10.8. The summed E-state index contributed by atoms with van der Waals surface area (Å²) >= 11 is 5.82. The molecule has 0 spiro atoms. The highest BCUT2D eigenvalue weighted by Gasteiger charge is 2.01.